The normalized spacial score (nSPS) is 10.4. The molecule has 0 saturated carbocycles. The van der Waals surface area contributed by atoms with Gasteiger partial charge in [-0.1, -0.05) is 0 Å². The topological polar surface area (TPSA) is 86.7 Å². The Bertz CT molecular complexity index is 589. The highest BCUT2D eigenvalue weighted by Crippen LogP contribution is 2.26. The minimum Gasteiger partial charge on any atom is -0.497 e. The molecule has 0 aliphatic heterocycles. The van der Waals surface area contributed by atoms with Gasteiger partial charge in [0.1, 0.15) is 5.75 Å². The van der Waals surface area contributed by atoms with Gasteiger partial charge in [-0.25, -0.2) is 4.68 Å². The molecule has 0 bridgehead atoms. The van der Waals surface area contributed by atoms with Gasteiger partial charge in [-0.3, -0.25) is 4.79 Å². The Labute approximate surface area is 96.9 Å². The molecule has 0 spiro atoms. The van der Waals surface area contributed by atoms with Crippen molar-refractivity contribution in [2.45, 2.75) is 6.42 Å². The number of ether oxygens (including phenoxy) is 1. The van der Waals surface area contributed by atoms with E-state index in [1.54, 1.807) is 25.3 Å². The van der Waals surface area contributed by atoms with Crippen LogP contribution in [0.25, 0.3) is 10.9 Å². The molecule has 0 radical (unpaired) electrons. The maximum absolute atomic E-state index is 10.9. The van der Waals surface area contributed by atoms with Crippen LogP contribution in [0.1, 0.15) is 5.56 Å². The number of methoxy groups -OCH3 is 1. The maximum Gasteiger partial charge on any atom is 0.221 e. The molecule has 0 fully saturated rings. The molecule has 6 heteroatoms. The number of fused-ring (bicyclic) bond motifs is 1. The highest BCUT2D eigenvalue weighted by Gasteiger charge is 2.11. The highest BCUT2D eigenvalue weighted by molar-refractivity contribution is 5.89. The molecule has 88 valence electrons. The summed E-state index contributed by atoms with van der Waals surface area (Å²) in [6, 6.07) is 5.17. The van der Waals surface area contributed by atoms with Crippen LogP contribution in [0.4, 0.5) is 0 Å². The summed E-state index contributed by atoms with van der Waals surface area (Å²) in [5, 5.41) is 3.59. The lowest BCUT2D eigenvalue weighted by Gasteiger charge is -2.00. The van der Waals surface area contributed by atoms with Gasteiger partial charge in [0.15, 0.2) is 0 Å². The SMILES string of the molecule is COc1ccc2c(c1)c(CC(N)=O)cn2N=O. The highest BCUT2D eigenvalue weighted by atomic mass is 16.5. The molecule has 0 unspecified atom stereocenters. The first kappa shape index (κ1) is 11.1. The number of rotatable bonds is 4. The minimum atomic E-state index is -0.460. The monoisotopic (exact) mass is 233 g/mol. The Morgan fingerprint density at radius 1 is 1.53 bits per heavy atom. The van der Waals surface area contributed by atoms with Crippen molar-refractivity contribution in [3.05, 3.63) is 34.9 Å². The molecule has 2 aromatic rings. The largest absolute Gasteiger partial charge is 0.497 e. The van der Waals surface area contributed by atoms with E-state index in [-0.39, 0.29) is 6.42 Å². The smallest absolute Gasteiger partial charge is 0.221 e. The van der Waals surface area contributed by atoms with E-state index >= 15 is 0 Å². The van der Waals surface area contributed by atoms with Crippen LogP contribution in [-0.4, -0.2) is 17.7 Å². The predicted octanol–water partition coefficient (Wildman–Crippen LogP) is 1.21. The van der Waals surface area contributed by atoms with Crippen molar-refractivity contribution < 1.29 is 9.53 Å². The Hall–Kier alpha value is -2.37. The van der Waals surface area contributed by atoms with E-state index in [1.165, 1.54) is 10.9 Å². The lowest BCUT2D eigenvalue weighted by atomic mass is 10.1. The van der Waals surface area contributed by atoms with Crippen LogP contribution in [0.2, 0.25) is 0 Å². The van der Waals surface area contributed by atoms with Crippen LogP contribution >= 0.6 is 0 Å². The molecule has 2 rings (SSSR count). The van der Waals surface area contributed by atoms with Gasteiger partial charge in [-0.2, -0.15) is 0 Å². The maximum atomic E-state index is 10.9. The van der Waals surface area contributed by atoms with Gasteiger partial charge in [0, 0.05) is 11.6 Å². The molecule has 0 aliphatic rings. The zero-order chi connectivity index (χ0) is 12.4. The zero-order valence-electron chi connectivity index (χ0n) is 9.21. The van der Waals surface area contributed by atoms with Crippen LogP contribution in [-0.2, 0) is 11.2 Å². The quantitative estimate of drug-likeness (QED) is 0.805. The summed E-state index contributed by atoms with van der Waals surface area (Å²) in [5.74, 6) is 0.185. The molecular weight excluding hydrogens is 222 g/mol. The van der Waals surface area contributed by atoms with Crippen molar-refractivity contribution in [2.24, 2.45) is 11.0 Å². The van der Waals surface area contributed by atoms with Crippen molar-refractivity contribution in [3.8, 4) is 5.75 Å². The summed E-state index contributed by atoms with van der Waals surface area (Å²) in [6.45, 7) is 0. The van der Waals surface area contributed by atoms with Gasteiger partial charge in [-0.05, 0) is 23.8 Å². The number of benzene rings is 1. The fourth-order valence-electron chi connectivity index (χ4n) is 1.78. The average molecular weight is 233 g/mol. The van der Waals surface area contributed by atoms with Gasteiger partial charge >= 0.3 is 0 Å². The second-order valence-corrected chi connectivity index (χ2v) is 3.61. The van der Waals surface area contributed by atoms with Crippen molar-refractivity contribution in [3.63, 3.8) is 0 Å². The number of nitrogens with zero attached hydrogens (tertiary/aromatic N) is 2. The molecule has 0 atom stereocenters. The molecule has 0 saturated heterocycles. The third-order valence-electron chi connectivity index (χ3n) is 2.53. The number of nitroso groups, excluding NO2 is 1. The molecule has 1 amide bonds. The molecular formula is C11H11N3O3. The molecule has 2 N–H and O–H groups in total. The van der Waals surface area contributed by atoms with Crippen molar-refractivity contribution in [1.29, 1.82) is 0 Å². The number of amides is 1. The number of primary amides is 1. The van der Waals surface area contributed by atoms with E-state index in [1.807, 2.05) is 0 Å². The first-order valence-electron chi connectivity index (χ1n) is 4.95. The van der Waals surface area contributed by atoms with Crippen molar-refractivity contribution >= 4 is 16.8 Å². The number of carbonyl (C=O) groups excluding carboxylic acids is 1. The first-order chi connectivity index (χ1) is 8.15. The Morgan fingerprint density at radius 2 is 2.29 bits per heavy atom. The van der Waals surface area contributed by atoms with Gasteiger partial charge in [0.25, 0.3) is 0 Å². The lowest BCUT2D eigenvalue weighted by molar-refractivity contribution is -0.117. The average Bonchev–Trinajstić information content (AvgIpc) is 2.66. The number of hydrogen-bond donors (Lipinski definition) is 1. The molecule has 17 heavy (non-hydrogen) atoms. The van der Waals surface area contributed by atoms with Gasteiger partial charge in [0.2, 0.25) is 5.91 Å². The molecule has 1 heterocycles. The predicted molar refractivity (Wildman–Crippen MR) is 62.6 cm³/mol. The van der Waals surface area contributed by atoms with E-state index in [0.29, 0.717) is 16.8 Å². The third kappa shape index (κ3) is 1.96. The van der Waals surface area contributed by atoms with Gasteiger partial charge < -0.3 is 10.5 Å². The minimum absolute atomic E-state index is 0.0617. The van der Waals surface area contributed by atoms with E-state index < -0.39 is 5.91 Å². The van der Waals surface area contributed by atoms with Crippen LogP contribution in [0.5, 0.6) is 5.75 Å². The second-order valence-electron chi connectivity index (χ2n) is 3.61. The van der Waals surface area contributed by atoms with Crippen LogP contribution in [0.15, 0.2) is 29.7 Å². The van der Waals surface area contributed by atoms with E-state index in [9.17, 15) is 9.70 Å². The Kier molecular flexibility index (Phi) is 2.78. The number of hydrogen-bond acceptors (Lipinski definition) is 4. The van der Waals surface area contributed by atoms with E-state index in [4.69, 9.17) is 10.5 Å². The summed E-state index contributed by atoms with van der Waals surface area (Å²) < 4.78 is 6.26. The summed E-state index contributed by atoms with van der Waals surface area (Å²) in [6.07, 6.45) is 1.56. The third-order valence-corrected chi connectivity index (χ3v) is 2.53. The fraction of sp³-hybridized carbons (Fsp3) is 0.182. The summed E-state index contributed by atoms with van der Waals surface area (Å²) in [5.41, 5.74) is 6.43. The van der Waals surface area contributed by atoms with Crippen LogP contribution in [0.3, 0.4) is 0 Å². The summed E-state index contributed by atoms with van der Waals surface area (Å²) >= 11 is 0. The number of aromatic nitrogens is 1. The van der Waals surface area contributed by atoms with E-state index in [2.05, 4.69) is 5.29 Å². The second kappa shape index (κ2) is 4.25. The Balaban J connectivity index is 2.65. The number of carbonyl (C=O) groups is 1. The lowest BCUT2D eigenvalue weighted by Crippen LogP contribution is -2.13. The van der Waals surface area contributed by atoms with Crippen LogP contribution < -0.4 is 10.5 Å². The number of nitrogens with two attached hydrogens (primary N) is 1. The van der Waals surface area contributed by atoms with Crippen molar-refractivity contribution in [1.82, 2.24) is 4.68 Å². The molecule has 6 nitrogen and oxygen atoms in total. The van der Waals surface area contributed by atoms with Crippen molar-refractivity contribution in [2.75, 3.05) is 7.11 Å². The fourth-order valence-corrected chi connectivity index (χ4v) is 1.78. The Morgan fingerprint density at radius 3 is 2.88 bits per heavy atom. The zero-order valence-corrected chi connectivity index (χ0v) is 9.21. The first-order valence-corrected chi connectivity index (χ1v) is 4.95. The van der Waals surface area contributed by atoms with Gasteiger partial charge in [0.05, 0.1) is 24.3 Å². The molecule has 1 aromatic carbocycles. The molecule has 0 aliphatic carbocycles. The van der Waals surface area contributed by atoms with E-state index in [0.717, 1.165) is 5.39 Å². The standard InChI is InChI=1S/C11H11N3O3/c1-17-8-2-3-10-9(5-8)7(4-11(12)15)6-14(10)13-16/h2-3,5-6H,4H2,1H3,(H2,12,15). The van der Waals surface area contributed by atoms with Crippen LogP contribution in [0, 0.1) is 4.91 Å². The van der Waals surface area contributed by atoms with Gasteiger partial charge in [-0.15, -0.1) is 4.91 Å². The molecule has 1 aromatic heterocycles. The summed E-state index contributed by atoms with van der Waals surface area (Å²) in [7, 11) is 1.55. The summed E-state index contributed by atoms with van der Waals surface area (Å²) in [4.78, 5) is 21.6.